The zero-order valence-electron chi connectivity index (χ0n) is 62.6. The van der Waals surface area contributed by atoms with E-state index in [1.165, 1.54) is 83.5 Å². The van der Waals surface area contributed by atoms with Crippen LogP contribution in [0, 0.1) is 0 Å². The summed E-state index contributed by atoms with van der Waals surface area (Å²) >= 11 is 0. The van der Waals surface area contributed by atoms with Crippen molar-refractivity contribution in [3.63, 3.8) is 0 Å². The maximum atomic E-state index is 13.1. The fourth-order valence-electron chi connectivity index (χ4n) is 10.1. The summed E-state index contributed by atoms with van der Waals surface area (Å²) in [5, 5.41) is 10.6. The van der Waals surface area contributed by atoms with Gasteiger partial charge in [-0.1, -0.05) is 271 Å². The number of hydrogen-bond acceptors (Lipinski definition) is 15. The first-order valence-corrected chi connectivity index (χ1v) is 41.8. The molecule has 19 heteroatoms. The Morgan fingerprint density at radius 3 is 0.840 bits per heavy atom. The molecular weight excluding hydrogens is 1310 g/mol. The molecule has 0 amide bonds. The van der Waals surface area contributed by atoms with Crippen LogP contribution in [-0.4, -0.2) is 96.7 Å². The highest BCUT2D eigenvalue weighted by Gasteiger charge is 2.30. The van der Waals surface area contributed by atoms with Crippen LogP contribution in [0.2, 0.25) is 0 Å². The van der Waals surface area contributed by atoms with Gasteiger partial charge in [0.2, 0.25) is 0 Å². The highest BCUT2D eigenvalue weighted by molar-refractivity contribution is 7.47. The van der Waals surface area contributed by atoms with Gasteiger partial charge in [-0.15, -0.1) is 0 Å². The minimum absolute atomic E-state index is 0.0310. The van der Waals surface area contributed by atoms with Crippen molar-refractivity contribution in [2.24, 2.45) is 0 Å². The van der Waals surface area contributed by atoms with Gasteiger partial charge in [0.1, 0.15) is 19.3 Å². The lowest BCUT2D eigenvalue weighted by Gasteiger charge is -2.21. The zero-order chi connectivity index (χ0) is 73.2. The second-order valence-corrected chi connectivity index (χ2v) is 28.4. The Morgan fingerprint density at radius 2 is 0.520 bits per heavy atom. The van der Waals surface area contributed by atoms with Crippen molar-refractivity contribution in [3.05, 3.63) is 122 Å². The minimum atomic E-state index is -5.00. The van der Waals surface area contributed by atoms with E-state index in [1.54, 1.807) is 0 Å². The predicted octanol–water partition coefficient (Wildman–Crippen LogP) is 22.3. The first kappa shape index (κ1) is 95.5. The molecule has 0 saturated carbocycles. The van der Waals surface area contributed by atoms with Gasteiger partial charge in [0.25, 0.3) is 0 Å². The number of ether oxygens (including phenoxy) is 4. The number of carbonyl (C=O) groups excluding carboxylic acids is 4. The molecule has 0 rings (SSSR count). The third-order valence-corrected chi connectivity index (χ3v) is 17.8. The van der Waals surface area contributed by atoms with E-state index in [1.807, 2.05) is 0 Å². The molecule has 5 unspecified atom stereocenters. The number of hydrogen-bond donors (Lipinski definition) is 3. The Bertz CT molecular complexity index is 2370. The first-order valence-electron chi connectivity index (χ1n) is 38.8. The molecule has 0 aliphatic heterocycles. The van der Waals surface area contributed by atoms with Crippen LogP contribution in [-0.2, 0) is 65.4 Å². The number of allylic oxidation sites excluding steroid dienone is 20. The lowest BCUT2D eigenvalue weighted by molar-refractivity contribution is -0.161. The van der Waals surface area contributed by atoms with Crippen molar-refractivity contribution in [1.29, 1.82) is 0 Å². The third-order valence-electron chi connectivity index (χ3n) is 15.9. The quantitative estimate of drug-likeness (QED) is 0.0169. The summed E-state index contributed by atoms with van der Waals surface area (Å²) < 4.78 is 68.4. The largest absolute Gasteiger partial charge is 0.472 e. The van der Waals surface area contributed by atoms with Crippen molar-refractivity contribution >= 4 is 39.5 Å². The van der Waals surface area contributed by atoms with Crippen molar-refractivity contribution in [3.8, 4) is 0 Å². The van der Waals surface area contributed by atoms with Crippen LogP contribution in [0.4, 0.5) is 0 Å². The molecule has 17 nitrogen and oxygen atoms in total. The molecule has 0 aliphatic carbocycles. The minimum Gasteiger partial charge on any atom is -0.462 e. The SMILES string of the molecule is CC/C=C\C/C=C\C/C=C\C/C=C\CCCCC(=O)OCC(COP(=O)(O)OCC(O)COP(=O)(O)OCC(COC(=O)CCCCCCC/C=C\C/C=C\CCCCC)OC(=O)CCCCCCCCCCCCCCCCC)OC(=O)CCCC/C=C\C/C=C\C/C=C\C/C=C\CC. The molecule has 0 heterocycles. The summed E-state index contributed by atoms with van der Waals surface area (Å²) in [6.07, 6.45) is 79.1. The van der Waals surface area contributed by atoms with E-state index in [2.05, 4.69) is 149 Å². The Balaban J connectivity index is 5.43. The van der Waals surface area contributed by atoms with Crippen LogP contribution in [0.15, 0.2) is 122 Å². The molecular formula is C81H138O17P2. The number of aliphatic hydroxyl groups excluding tert-OH is 1. The van der Waals surface area contributed by atoms with E-state index in [9.17, 15) is 43.2 Å². The van der Waals surface area contributed by atoms with Gasteiger partial charge in [-0.05, 0) is 135 Å². The molecule has 0 saturated heterocycles. The van der Waals surface area contributed by atoms with Gasteiger partial charge in [-0.25, -0.2) is 9.13 Å². The maximum Gasteiger partial charge on any atom is 0.472 e. The van der Waals surface area contributed by atoms with Gasteiger partial charge >= 0.3 is 39.5 Å². The van der Waals surface area contributed by atoms with E-state index in [0.29, 0.717) is 32.1 Å². The second kappa shape index (κ2) is 72.8. The molecule has 0 aromatic carbocycles. The van der Waals surface area contributed by atoms with Crippen molar-refractivity contribution < 1.29 is 80.2 Å². The summed E-state index contributed by atoms with van der Waals surface area (Å²) in [7, 11) is -9.98. The van der Waals surface area contributed by atoms with E-state index < -0.39 is 97.5 Å². The Morgan fingerprint density at radius 1 is 0.290 bits per heavy atom. The topological polar surface area (TPSA) is 237 Å². The third kappa shape index (κ3) is 71.8. The van der Waals surface area contributed by atoms with Gasteiger partial charge in [0.15, 0.2) is 12.2 Å². The zero-order valence-corrected chi connectivity index (χ0v) is 64.4. The molecule has 0 fully saturated rings. The van der Waals surface area contributed by atoms with Gasteiger partial charge in [-0.2, -0.15) is 0 Å². The fourth-order valence-corrected chi connectivity index (χ4v) is 11.6. The molecule has 0 bridgehead atoms. The fraction of sp³-hybridized carbons (Fsp3) is 0.704. The number of carbonyl (C=O) groups is 4. The van der Waals surface area contributed by atoms with Gasteiger partial charge in [0.05, 0.1) is 26.4 Å². The maximum absolute atomic E-state index is 13.1. The number of aliphatic hydroxyl groups is 1. The Kier molecular flexibility index (Phi) is 69.5. The van der Waals surface area contributed by atoms with Crippen molar-refractivity contribution in [2.75, 3.05) is 39.6 Å². The molecule has 0 aromatic heterocycles. The standard InChI is InChI=1S/C81H138O17P2/c1-5-9-13-17-21-25-29-33-37-41-45-49-53-57-61-65-78(83)91-71-76(97-80(85)67-63-59-55-51-47-43-39-35-31-27-23-19-15-11-7-3)73-95-99(87,88)93-69-75(82)70-94-100(89,90)96-74-77(98-81(86)68-64-60-56-52-48-44-40-36-32-28-24-20-16-12-8-4)72-92-79(84)66-62-58-54-50-46-42-38-34-30-26-22-18-14-10-6-2/h9,11,13,15,21-23,25-27,33-35,37-39,45,47,49,51,75-77,82H,5-8,10,12,14,16-20,24,28-32,36,40-44,46,48,50,52-74H2,1-4H3,(H,87,88)(H,89,90)/b13-9-,15-11-,25-21-,26-22-,27-23-,37-33-,38-34-,39-35-,49-45-,51-47-. The van der Waals surface area contributed by atoms with Crippen LogP contribution in [0.5, 0.6) is 0 Å². The van der Waals surface area contributed by atoms with Crippen LogP contribution in [0.3, 0.4) is 0 Å². The number of unbranched alkanes of at least 4 members (excludes halogenated alkanes) is 26. The van der Waals surface area contributed by atoms with Gasteiger partial charge in [-0.3, -0.25) is 37.3 Å². The normalized spacial score (nSPS) is 14.6. The lowest BCUT2D eigenvalue weighted by atomic mass is 10.0. The summed E-state index contributed by atoms with van der Waals surface area (Å²) in [4.78, 5) is 72.9. The summed E-state index contributed by atoms with van der Waals surface area (Å²) in [5.41, 5.74) is 0. The summed E-state index contributed by atoms with van der Waals surface area (Å²) in [6, 6.07) is 0. The molecule has 0 spiro atoms. The highest BCUT2D eigenvalue weighted by Crippen LogP contribution is 2.45. The van der Waals surface area contributed by atoms with Gasteiger partial charge < -0.3 is 33.8 Å². The summed E-state index contributed by atoms with van der Waals surface area (Å²) in [6.45, 7) is 4.52. The number of phosphoric acid groups is 2. The average molecular weight is 1450 g/mol. The lowest BCUT2D eigenvalue weighted by Crippen LogP contribution is -2.30. The van der Waals surface area contributed by atoms with E-state index in [-0.39, 0.29) is 25.7 Å². The molecule has 0 aliphatic rings. The molecule has 3 N–H and O–H groups in total. The van der Waals surface area contributed by atoms with Crippen molar-refractivity contribution in [1.82, 2.24) is 0 Å². The molecule has 0 aromatic rings. The van der Waals surface area contributed by atoms with E-state index in [0.717, 1.165) is 141 Å². The predicted molar refractivity (Wildman–Crippen MR) is 408 cm³/mol. The second-order valence-electron chi connectivity index (χ2n) is 25.5. The monoisotopic (exact) mass is 1440 g/mol. The smallest absolute Gasteiger partial charge is 0.462 e. The molecule has 0 radical (unpaired) electrons. The van der Waals surface area contributed by atoms with Gasteiger partial charge in [0, 0.05) is 25.7 Å². The highest BCUT2D eigenvalue weighted by atomic mass is 31.2. The van der Waals surface area contributed by atoms with Crippen LogP contribution >= 0.6 is 15.6 Å². The van der Waals surface area contributed by atoms with Crippen molar-refractivity contribution in [2.45, 2.75) is 329 Å². The number of rotatable bonds is 72. The first-order chi connectivity index (χ1) is 48.7. The molecule has 574 valence electrons. The summed E-state index contributed by atoms with van der Waals surface area (Å²) in [5.74, 6) is -2.28. The number of esters is 4. The average Bonchev–Trinajstić information content (AvgIpc) is 1.01. The van der Waals surface area contributed by atoms with Crippen LogP contribution < -0.4 is 0 Å². The van der Waals surface area contributed by atoms with E-state index >= 15 is 0 Å². The van der Waals surface area contributed by atoms with Crippen LogP contribution in [0.25, 0.3) is 0 Å². The molecule has 100 heavy (non-hydrogen) atoms. The van der Waals surface area contributed by atoms with Crippen LogP contribution in [0.1, 0.15) is 310 Å². The Labute approximate surface area is 606 Å². The molecule has 5 atom stereocenters. The Hall–Kier alpha value is -4.54. The number of phosphoric ester groups is 2. The van der Waals surface area contributed by atoms with E-state index in [4.69, 9.17) is 37.0 Å².